The summed E-state index contributed by atoms with van der Waals surface area (Å²) >= 11 is 1.55. The van der Waals surface area contributed by atoms with Crippen molar-refractivity contribution >= 4 is 32.6 Å². The average Bonchev–Trinajstić information content (AvgIpc) is 3.55. The molecular formula is C28H29N5OS. The van der Waals surface area contributed by atoms with E-state index in [1.165, 1.54) is 0 Å². The fourth-order valence-corrected chi connectivity index (χ4v) is 6.18. The first kappa shape index (κ1) is 22.2. The first-order valence-corrected chi connectivity index (χ1v) is 13.3. The average molecular weight is 484 g/mol. The molecule has 1 aliphatic rings. The number of benzene rings is 2. The zero-order valence-corrected chi connectivity index (χ0v) is 20.7. The smallest absolute Gasteiger partial charge is 0.262 e. The Kier molecular flexibility index (Phi) is 5.96. The third kappa shape index (κ3) is 4.19. The van der Waals surface area contributed by atoms with Gasteiger partial charge < -0.3 is 4.98 Å². The van der Waals surface area contributed by atoms with Crippen molar-refractivity contribution in [3.8, 4) is 0 Å². The first-order chi connectivity index (χ1) is 17.2. The molecule has 5 aromatic rings. The fraction of sp³-hybridized carbons (Fsp3) is 0.321. The number of likely N-dealkylation sites (tertiary alicyclic amines) is 1. The summed E-state index contributed by atoms with van der Waals surface area (Å²) in [6, 6.07) is 20.4. The number of nitrogens with zero attached hydrogens (tertiary/aromatic N) is 4. The van der Waals surface area contributed by atoms with Gasteiger partial charge >= 0.3 is 0 Å². The Labute approximate surface area is 208 Å². The number of H-pyrrole nitrogens is 1. The van der Waals surface area contributed by atoms with Crippen molar-refractivity contribution in [1.29, 1.82) is 0 Å². The molecule has 0 radical (unpaired) electrons. The van der Waals surface area contributed by atoms with Gasteiger partial charge in [0.2, 0.25) is 0 Å². The summed E-state index contributed by atoms with van der Waals surface area (Å²) in [4.78, 5) is 30.5. The van der Waals surface area contributed by atoms with Crippen LogP contribution >= 0.6 is 11.3 Å². The van der Waals surface area contributed by atoms with E-state index >= 15 is 0 Å². The van der Waals surface area contributed by atoms with Gasteiger partial charge in [0.15, 0.2) is 0 Å². The van der Waals surface area contributed by atoms with Crippen LogP contribution in [0.5, 0.6) is 0 Å². The van der Waals surface area contributed by atoms with E-state index in [-0.39, 0.29) is 11.6 Å². The molecule has 4 heterocycles. The van der Waals surface area contributed by atoms with Gasteiger partial charge in [0.05, 0.1) is 29.0 Å². The Hall–Kier alpha value is -3.29. The summed E-state index contributed by atoms with van der Waals surface area (Å²) < 4.78 is 1.91. The molecule has 2 aromatic carbocycles. The maximum absolute atomic E-state index is 13.6. The Balaban J connectivity index is 1.37. The third-order valence-corrected chi connectivity index (χ3v) is 7.98. The van der Waals surface area contributed by atoms with E-state index < -0.39 is 0 Å². The van der Waals surface area contributed by atoms with Gasteiger partial charge in [0, 0.05) is 12.5 Å². The summed E-state index contributed by atoms with van der Waals surface area (Å²) in [7, 11) is 0. The highest BCUT2D eigenvalue weighted by Crippen LogP contribution is 2.33. The number of fused-ring (bicyclic) bond motifs is 2. The molecular weight excluding hydrogens is 454 g/mol. The number of aromatic nitrogens is 4. The maximum Gasteiger partial charge on any atom is 0.262 e. The number of piperidine rings is 1. The van der Waals surface area contributed by atoms with Crippen LogP contribution in [-0.2, 0) is 6.54 Å². The zero-order valence-electron chi connectivity index (χ0n) is 19.9. The number of para-hydroxylation sites is 2. The van der Waals surface area contributed by atoms with E-state index in [4.69, 9.17) is 9.97 Å². The number of thiophene rings is 1. The predicted octanol–water partition coefficient (Wildman–Crippen LogP) is 5.71. The van der Waals surface area contributed by atoms with Crippen LogP contribution < -0.4 is 5.56 Å². The molecule has 0 bridgehead atoms. The minimum Gasteiger partial charge on any atom is -0.342 e. The lowest BCUT2D eigenvalue weighted by atomic mass is 9.95. The number of rotatable bonds is 6. The van der Waals surface area contributed by atoms with E-state index in [2.05, 4.69) is 41.1 Å². The van der Waals surface area contributed by atoms with Gasteiger partial charge in [-0.1, -0.05) is 49.4 Å². The molecule has 6 nitrogen and oxygen atoms in total. The van der Waals surface area contributed by atoms with Gasteiger partial charge in [0.25, 0.3) is 5.56 Å². The Bertz CT molecular complexity index is 1490. The summed E-state index contributed by atoms with van der Waals surface area (Å²) in [5.74, 6) is 2.28. The van der Waals surface area contributed by atoms with Crippen LogP contribution in [0.3, 0.4) is 0 Å². The lowest BCUT2D eigenvalue weighted by Crippen LogP contribution is -2.40. The molecule has 0 aliphatic carbocycles. The maximum atomic E-state index is 13.6. The Morgan fingerprint density at radius 1 is 1.09 bits per heavy atom. The highest BCUT2D eigenvalue weighted by molar-refractivity contribution is 7.16. The molecule has 1 saturated heterocycles. The molecule has 178 valence electrons. The van der Waals surface area contributed by atoms with Crippen LogP contribution in [0.15, 0.2) is 70.8 Å². The molecule has 1 aliphatic heterocycles. The second-order valence-electron chi connectivity index (χ2n) is 9.38. The molecule has 1 fully saturated rings. The van der Waals surface area contributed by atoms with Crippen LogP contribution in [0.25, 0.3) is 21.3 Å². The number of hydrogen-bond donors (Lipinski definition) is 1. The summed E-state index contributed by atoms with van der Waals surface area (Å²) in [5.41, 5.74) is 3.28. The van der Waals surface area contributed by atoms with Gasteiger partial charge in [-0.15, -0.1) is 11.3 Å². The minimum absolute atomic E-state index is 0.0550. The largest absolute Gasteiger partial charge is 0.342 e. The highest BCUT2D eigenvalue weighted by atomic mass is 32.1. The molecule has 0 amide bonds. The first-order valence-electron chi connectivity index (χ1n) is 12.4. The fourth-order valence-electron chi connectivity index (χ4n) is 5.42. The van der Waals surface area contributed by atoms with Crippen molar-refractivity contribution in [1.82, 2.24) is 24.4 Å². The second-order valence-corrected chi connectivity index (χ2v) is 10.3. The molecule has 35 heavy (non-hydrogen) atoms. The normalized spacial score (nSPS) is 17.8. The molecule has 2 atom stereocenters. The third-order valence-electron chi connectivity index (χ3n) is 7.17. The number of nitrogens with one attached hydrogen (secondary N) is 1. The van der Waals surface area contributed by atoms with Gasteiger partial charge in [-0.05, 0) is 54.9 Å². The van der Waals surface area contributed by atoms with Crippen molar-refractivity contribution in [2.45, 2.75) is 44.7 Å². The summed E-state index contributed by atoms with van der Waals surface area (Å²) in [6.45, 7) is 4.64. The van der Waals surface area contributed by atoms with E-state index in [1.807, 2.05) is 46.3 Å². The van der Waals surface area contributed by atoms with E-state index in [1.54, 1.807) is 11.3 Å². The molecule has 3 aromatic heterocycles. The standard InChI is InChI=1S/C28H29N5OS/c1-2-24(32-15-8-11-20(18-32)25-29-22-12-6-7-13-23(22)30-25)26-31-27-21(14-16-35-27)28(34)33(26)17-19-9-4-3-5-10-19/h3-7,9-10,12-14,16,20,24H,2,8,11,15,17-18H2,1H3,(H,29,30). The van der Waals surface area contributed by atoms with Gasteiger partial charge in [0.1, 0.15) is 16.5 Å². The molecule has 0 spiro atoms. The number of imidazole rings is 1. The van der Waals surface area contributed by atoms with Crippen LogP contribution in [0, 0.1) is 0 Å². The predicted molar refractivity (Wildman–Crippen MR) is 142 cm³/mol. The zero-order chi connectivity index (χ0) is 23.8. The highest BCUT2D eigenvalue weighted by Gasteiger charge is 2.31. The second kappa shape index (κ2) is 9.40. The molecule has 7 heteroatoms. The van der Waals surface area contributed by atoms with Crippen LogP contribution in [0.4, 0.5) is 0 Å². The Morgan fingerprint density at radius 2 is 1.91 bits per heavy atom. The quantitative estimate of drug-likeness (QED) is 0.336. The molecule has 6 rings (SSSR count). The lowest BCUT2D eigenvalue weighted by molar-refractivity contribution is 0.133. The Morgan fingerprint density at radius 3 is 2.74 bits per heavy atom. The topological polar surface area (TPSA) is 66.8 Å². The van der Waals surface area contributed by atoms with Gasteiger partial charge in [-0.25, -0.2) is 9.97 Å². The lowest BCUT2D eigenvalue weighted by Gasteiger charge is -2.37. The van der Waals surface area contributed by atoms with E-state index in [9.17, 15) is 4.79 Å². The van der Waals surface area contributed by atoms with Crippen molar-refractivity contribution in [3.63, 3.8) is 0 Å². The van der Waals surface area contributed by atoms with Crippen LogP contribution in [-0.4, -0.2) is 37.5 Å². The summed E-state index contributed by atoms with van der Waals surface area (Å²) in [5, 5.41) is 2.68. The van der Waals surface area contributed by atoms with Crippen LogP contribution in [0.2, 0.25) is 0 Å². The van der Waals surface area contributed by atoms with Gasteiger partial charge in [-0.3, -0.25) is 14.3 Å². The van der Waals surface area contributed by atoms with Gasteiger partial charge in [-0.2, -0.15) is 0 Å². The SMILES string of the molecule is CCC(c1nc2sccc2c(=O)n1Cc1ccccc1)N1CCCC(c2nc3ccccc3[nH]2)C1. The van der Waals surface area contributed by atoms with Crippen molar-refractivity contribution in [2.75, 3.05) is 13.1 Å². The molecule has 1 N–H and O–H groups in total. The van der Waals surface area contributed by atoms with Crippen LogP contribution in [0.1, 0.15) is 55.4 Å². The van der Waals surface area contributed by atoms with Crippen molar-refractivity contribution in [2.24, 2.45) is 0 Å². The molecule has 0 saturated carbocycles. The van der Waals surface area contributed by atoms with Crippen molar-refractivity contribution in [3.05, 3.63) is 93.6 Å². The molecule has 2 unspecified atom stereocenters. The summed E-state index contributed by atoms with van der Waals surface area (Å²) in [6.07, 6.45) is 3.11. The van der Waals surface area contributed by atoms with E-state index in [0.29, 0.717) is 17.8 Å². The van der Waals surface area contributed by atoms with Crippen molar-refractivity contribution < 1.29 is 0 Å². The monoisotopic (exact) mass is 483 g/mol. The number of hydrogen-bond acceptors (Lipinski definition) is 5. The minimum atomic E-state index is 0.0550. The van der Waals surface area contributed by atoms with E-state index in [0.717, 1.165) is 65.4 Å². The number of aromatic amines is 1.